The fourth-order valence-electron chi connectivity index (χ4n) is 2.19. The lowest BCUT2D eigenvalue weighted by molar-refractivity contribution is 0.0707. The van der Waals surface area contributed by atoms with Crippen LogP contribution in [-0.4, -0.2) is 43.0 Å². The molecule has 0 aliphatic carbocycles. The monoisotopic (exact) mass is 258 g/mol. The van der Waals surface area contributed by atoms with Gasteiger partial charge in [-0.25, -0.2) is 4.98 Å². The van der Waals surface area contributed by atoms with Crippen LogP contribution in [0.4, 0.5) is 5.82 Å². The number of anilines is 1. The predicted molar refractivity (Wildman–Crippen MR) is 72.8 cm³/mol. The number of piperidine rings is 1. The molecule has 19 heavy (non-hydrogen) atoms. The average Bonchev–Trinajstić information content (AvgIpc) is 2.46. The molecule has 1 aromatic heterocycles. The minimum Gasteiger partial charge on any atom is -0.363 e. The molecule has 1 amide bonds. The van der Waals surface area contributed by atoms with E-state index in [1.807, 2.05) is 23.9 Å². The summed E-state index contributed by atoms with van der Waals surface area (Å²) < 4.78 is 0. The third kappa shape index (κ3) is 3.02. The zero-order valence-electron chi connectivity index (χ0n) is 11.3. The minimum absolute atomic E-state index is 0.0295. The van der Waals surface area contributed by atoms with Crippen LogP contribution >= 0.6 is 0 Å². The number of pyridine rings is 1. The first-order valence-corrected chi connectivity index (χ1v) is 6.44. The van der Waals surface area contributed by atoms with E-state index in [9.17, 15) is 4.79 Å². The summed E-state index contributed by atoms with van der Waals surface area (Å²) in [5.41, 5.74) is 0.661. The second kappa shape index (κ2) is 5.70. The summed E-state index contributed by atoms with van der Waals surface area (Å²) >= 11 is 0. The molecule has 2 rings (SSSR count). The van der Waals surface area contributed by atoms with Crippen LogP contribution in [0.3, 0.4) is 0 Å². The van der Waals surface area contributed by atoms with Gasteiger partial charge in [0.2, 0.25) is 0 Å². The van der Waals surface area contributed by atoms with Crippen LogP contribution in [0.15, 0.2) is 18.3 Å². The van der Waals surface area contributed by atoms with Crippen LogP contribution in [0.25, 0.3) is 0 Å². The van der Waals surface area contributed by atoms with Gasteiger partial charge in [-0.1, -0.05) is 0 Å². The van der Waals surface area contributed by atoms with Crippen LogP contribution in [0.2, 0.25) is 0 Å². The quantitative estimate of drug-likeness (QED) is 0.807. The predicted octanol–water partition coefficient (Wildman–Crippen LogP) is 1.52. The number of amides is 1. The fraction of sp³-hybridized carbons (Fsp3) is 0.500. The lowest BCUT2D eigenvalue weighted by Gasteiger charge is -2.29. The topological polar surface area (TPSA) is 60.2 Å². The average molecular weight is 258 g/mol. The highest BCUT2D eigenvalue weighted by Crippen LogP contribution is 2.19. The lowest BCUT2D eigenvalue weighted by atomic mass is 9.98. The van der Waals surface area contributed by atoms with Gasteiger partial charge in [-0.15, -0.1) is 0 Å². The summed E-state index contributed by atoms with van der Waals surface area (Å²) in [4.78, 5) is 20.3. The van der Waals surface area contributed by atoms with Crippen LogP contribution in [0.1, 0.15) is 23.2 Å². The number of carbonyl (C=O) groups excluding carboxylic acids is 1. The molecule has 1 aliphatic heterocycles. The highest BCUT2D eigenvalue weighted by molar-refractivity contribution is 5.94. The number of nitrogens with zero attached hydrogens (tertiary/aromatic N) is 4. The molecule has 5 heteroatoms. The molecule has 1 aliphatic rings. The summed E-state index contributed by atoms with van der Waals surface area (Å²) in [6, 6.07) is 5.82. The Kier molecular flexibility index (Phi) is 4.00. The molecule has 2 heterocycles. The van der Waals surface area contributed by atoms with E-state index in [0.29, 0.717) is 18.7 Å². The first-order valence-electron chi connectivity index (χ1n) is 6.44. The molecule has 0 radical (unpaired) electrons. The second-order valence-corrected chi connectivity index (χ2v) is 4.99. The lowest BCUT2D eigenvalue weighted by Crippen LogP contribution is -2.38. The van der Waals surface area contributed by atoms with Gasteiger partial charge in [0.05, 0.1) is 6.07 Å². The van der Waals surface area contributed by atoms with E-state index in [1.165, 1.54) is 0 Å². The van der Waals surface area contributed by atoms with Crippen molar-refractivity contribution in [3.63, 3.8) is 0 Å². The van der Waals surface area contributed by atoms with E-state index in [0.717, 1.165) is 18.7 Å². The van der Waals surface area contributed by atoms with Crippen molar-refractivity contribution < 1.29 is 4.79 Å². The summed E-state index contributed by atoms with van der Waals surface area (Å²) in [5.74, 6) is 0.901. The summed E-state index contributed by atoms with van der Waals surface area (Å²) in [6.07, 6.45) is 3.20. The molecule has 0 saturated carbocycles. The molecule has 1 saturated heterocycles. The third-order valence-electron chi connectivity index (χ3n) is 3.42. The number of aromatic nitrogens is 1. The SMILES string of the molecule is CN(C)c1cc(C(=O)N2CCC(C#N)CC2)ccn1. The Morgan fingerprint density at radius 1 is 1.47 bits per heavy atom. The van der Waals surface area contributed by atoms with E-state index in [1.54, 1.807) is 18.3 Å². The molecule has 0 N–H and O–H groups in total. The van der Waals surface area contributed by atoms with Gasteiger partial charge in [-0.2, -0.15) is 5.26 Å². The van der Waals surface area contributed by atoms with E-state index in [4.69, 9.17) is 5.26 Å². The molecule has 5 nitrogen and oxygen atoms in total. The van der Waals surface area contributed by atoms with Gasteiger partial charge >= 0.3 is 0 Å². The molecular weight excluding hydrogens is 240 g/mol. The number of rotatable bonds is 2. The van der Waals surface area contributed by atoms with Crippen molar-refractivity contribution in [2.24, 2.45) is 5.92 Å². The maximum atomic E-state index is 12.4. The van der Waals surface area contributed by atoms with Crippen LogP contribution in [0, 0.1) is 17.2 Å². The maximum absolute atomic E-state index is 12.4. The van der Waals surface area contributed by atoms with Gasteiger partial charge in [-0.3, -0.25) is 4.79 Å². The van der Waals surface area contributed by atoms with Crippen LogP contribution < -0.4 is 4.90 Å². The van der Waals surface area contributed by atoms with Gasteiger partial charge in [0.1, 0.15) is 5.82 Å². The molecule has 0 bridgehead atoms. The highest BCUT2D eigenvalue weighted by Gasteiger charge is 2.23. The summed E-state index contributed by atoms with van der Waals surface area (Å²) in [6.45, 7) is 1.33. The zero-order chi connectivity index (χ0) is 13.8. The Bertz CT molecular complexity index is 498. The minimum atomic E-state index is 0.0295. The van der Waals surface area contributed by atoms with Gasteiger partial charge in [0.15, 0.2) is 0 Å². The molecule has 0 spiro atoms. The van der Waals surface area contributed by atoms with Crippen molar-refractivity contribution >= 4 is 11.7 Å². The van der Waals surface area contributed by atoms with Crippen LogP contribution in [-0.2, 0) is 0 Å². The van der Waals surface area contributed by atoms with Crippen molar-refractivity contribution in [2.75, 3.05) is 32.1 Å². The number of nitriles is 1. The van der Waals surface area contributed by atoms with Crippen molar-refractivity contribution in [3.8, 4) is 6.07 Å². The zero-order valence-corrected chi connectivity index (χ0v) is 11.3. The van der Waals surface area contributed by atoms with E-state index >= 15 is 0 Å². The summed E-state index contributed by atoms with van der Waals surface area (Å²) in [5, 5.41) is 8.86. The van der Waals surface area contributed by atoms with Gasteiger partial charge in [0, 0.05) is 44.9 Å². The maximum Gasteiger partial charge on any atom is 0.254 e. The molecule has 0 atom stereocenters. The molecular formula is C14H18N4O. The molecule has 1 fully saturated rings. The first-order chi connectivity index (χ1) is 9.11. The smallest absolute Gasteiger partial charge is 0.254 e. The standard InChI is InChI=1S/C14H18N4O/c1-17(2)13-9-12(3-6-16-13)14(19)18-7-4-11(10-15)5-8-18/h3,6,9,11H,4-5,7-8H2,1-2H3. The Hall–Kier alpha value is -2.09. The number of hydrogen-bond donors (Lipinski definition) is 0. The molecule has 1 aromatic rings. The third-order valence-corrected chi connectivity index (χ3v) is 3.42. The number of hydrogen-bond acceptors (Lipinski definition) is 4. The van der Waals surface area contributed by atoms with E-state index < -0.39 is 0 Å². The largest absolute Gasteiger partial charge is 0.363 e. The Morgan fingerprint density at radius 3 is 2.74 bits per heavy atom. The van der Waals surface area contributed by atoms with Gasteiger partial charge < -0.3 is 9.80 Å². The van der Waals surface area contributed by atoms with Crippen molar-refractivity contribution in [3.05, 3.63) is 23.9 Å². The number of likely N-dealkylation sites (tertiary alicyclic amines) is 1. The highest BCUT2D eigenvalue weighted by atomic mass is 16.2. The van der Waals surface area contributed by atoms with E-state index in [-0.39, 0.29) is 11.8 Å². The first kappa shape index (κ1) is 13.3. The van der Waals surface area contributed by atoms with E-state index in [2.05, 4.69) is 11.1 Å². The van der Waals surface area contributed by atoms with Gasteiger partial charge in [-0.05, 0) is 25.0 Å². The van der Waals surface area contributed by atoms with Crippen molar-refractivity contribution in [1.29, 1.82) is 5.26 Å². The number of carbonyl (C=O) groups is 1. The fourth-order valence-corrected chi connectivity index (χ4v) is 2.19. The van der Waals surface area contributed by atoms with Crippen molar-refractivity contribution in [2.45, 2.75) is 12.8 Å². The molecule has 0 unspecified atom stereocenters. The Balaban J connectivity index is 2.08. The van der Waals surface area contributed by atoms with Crippen LogP contribution in [0.5, 0.6) is 0 Å². The van der Waals surface area contributed by atoms with Crippen molar-refractivity contribution in [1.82, 2.24) is 9.88 Å². The second-order valence-electron chi connectivity index (χ2n) is 4.99. The molecule has 0 aromatic carbocycles. The Morgan fingerprint density at radius 2 is 2.16 bits per heavy atom. The van der Waals surface area contributed by atoms with Gasteiger partial charge in [0.25, 0.3) is 5.91 Å². The Labute approximate surface area is 113 Å². The summed E-state index contributed by atoms with van der Waals surface area (Å²) in [7, 11) is 3.80. The molecule has 100 valence electrons. The normalized spacial score (nSPS) is 15.9.